The molecule has 1 aliphatic heterocycles. The van der Waals surface area contributed by atoms with Gasteiger partial charge in [-0.2, -0.15) is 0 Å². The van der Waals surface area contributed by atoms with Crippen molar-refractivity contribution in [1.29, 1.82) is 0 Å². The van der Waals surface area contributed by atoms with Gasteiger partial charge in [0.05, 0.1) is 12.6 Å². The van der Waals surface area contributed by atoms with E-state index in [1.54, 1.807) is 0 Å². The summed E-state index contributed by atoms with van der Waals surface area (Å²) in [4.78, 5) is 4.58. The average Bonchev–Trinajstić information content (AvgIpc) is 2.63. The number of ether oxygens (including phenoxy) is 1. The summed E-state index contributed by atoms with van der Waals surface area (Å²) in [6, 6.07) is 18.8. The first-order chi connectivity index (χ1) is 11.8. The van der Waals surface area contributed by atoms with E-state index in [4.69, 9.17) is 10.5 Å². The van der Waals surface area contributed by atoms with Crippen LogP contribution in [0.4, 0.5) is 0 Å². The van der Waals surface area contributed by atoms with Gasteiger partial charge in [0.15, 0.2) is 5.96 Å². The molecule has 1 heterocycles. The second-order valence-corrected chi connectivity index (χ2v) is 6.11. The summed E-state index contributed by atoms with van der Waals surface area (Å²) in [5, 5.41) is 3.35. The number of nitrogens with zero attached hydrogens (tertiary/aromatic N) is 1. The molecule has 0 bridgehead atoms. The molecule has 3 rings (SSSR count). The van der Waals surface area contributed by atoms with Gasteiger partial charge in [-0.3, -0.25) is 4.99 Å². The number of fused-ring (bicyclic) bond motifs is 1. The van der Waals surface area contributed by atoms with Crippen LogP contribution < -0.4 is 15.8 Å². The second kappa shape index (κ2) is 7.86. The first-order valence-corrected chi connectivity index (χ1v) is 8.61. The Morgan fingerprint density at radius 1 is 1.21 bits per heavy atom. The third-order valence-corrected chi connectivity index (χ3v) is 4.53. The second-order valence-electron chi connectivity index (χ2n) is 6.11. The number of para-hydroxylation sites is 1. The molecule has 2 atom stereocenters. The van der Waals surface area contributed by atoms with Crippen LogP contribution in [0.15, 0.2) is 59.6 Å². The van der Waals surface area contributed by atoms with Crippen LogP contribution in [0.1, 0.15) is 42.9 Å². The van der Waals surface area contributed by atoms with Crippen molar-refractivity contribution < 1.29 is 4.74 Å². The summed E-state index contributed by atoms with van der Waals surface area (Å²) in [5.41, 5.74) is 8.60. The molecule has 4 heteroatoms. The lowest BCUT2D eigenvalue weighted by Crippen LogP contribution is -2.37. The fourth-order valence-corrected chi connectivity index (χ4v) is 3.12. The minimum absolute atomic E-state index is 0.163. The smallest absolute Gasteiger partial charge is 0.189 e. The van der Waals surface area contributed by atoms with Gasteiger partial charge in [0.1, 0.15) is 5.75 Å². The van der Waals surface area contributed by atoms with E-state index in [-0.39, 0.29) is 6.04 Å². The molecule has 0 fully saturated rings. The van der Waals surface area contributed by atoms with Gasteiger partial charge in [-0.15, -0.1) is 0 Å². The number of guanidine groups is 1. The largest absolute Gasteiger partial charge is 0.493 e. The van der Waals surface area contributed by atoms with Crippen molar-refractivity contribution in [3.05, 3.63) is 65.7 Å². The highest BCUT2D eigenvalue weighted by atomic mass is 16.5. The highest BCUT2D eigenvalue weighted by Gasteiger charge is 2.21. The molecular formula is C20H25N3O. The van der Waals surface area contributed by atoms with Gasteiger partial charge >= 0.3 is 0 Å². The van der Waals surface area contributed by atoms with Gasteiger partial charge < -0.3 is 15.8 Å². The summed E-state index contributed by atoms with van der Waals surface area (Å²) in [5.74, 6) is 1.84. The number of rotatable bonds is 5. The van der Waals surface area contributed by atoms with Crippen LogP contribution in [-0.2, 0) is 0 Å². The van der Waals surface area contributed by atoms with Crippen LogP contribution >= 0.6 is 0 Å². The van der Waals surface area contributed by atoms with Crippen LogP contribution in [0.5, 0.6) is 5.75 Å². The normalized spacial score (nSPS) is 18.4. The molecular weight excluding hydrogens is 298 g/mol. The highest BCUT2D eigenvalue weighted by molar-refractivity contribution is 5.78. The van der Waals surface area contributed by atoms with E-state index in [1.807, 2.05) is 24.3 Å². The maximum absolute atomic E-state index is 6.14. The monoisotopic (exact) mass is 323 g/mol. The number of nitrogens with one attached hydrogen (secondary N) is 1. The van der Waals surface area contributed by atoms with E-state index in [0.717, 1.165) is 24.2 Å². The Balaban J connectivity index is 1.65. The van der Waals surface area contributed by atoms with Crippen LogP contribution in [0.2, 0.25) is 0 Å². The van der Waals surface area contributed by atoms with E-state index in [2.05, 4.69) is 47.6 Å². The van der Waals surface area contributed by atoms with E-state index in [1.165, 1.54) is 5.56 Å². The highest BCUT2D eigenvalue weighted by Crippen LogP contribution is 2.31. The number of aliphatic imine (C=N–C) groups is 1. The lowest BCUT2D eigenvalue weighted by molar-refractivity contribution is 0.262. The Kier molecular flexibility index (Phi) is 5.36. The van der Waals surface area contributed by atoms with Gasteiger partial charge in [0.25, 0.3) is 0 Å². The minimum Gasteiger partial charge on any atom is -0.493 e. The molecule has 2 unspecified atom stereocenters. The van der Waals surface area contributed by atoms with Crippen LogP contribution in [0.3, 0.4) is 0 Å². The number of hydrogen-bond donors (Lipinski definition) is 2. The molecule has 1 aliphatic rings. The predicted molar refractivity (Wildman–Crippen MR) is 98.4 cm³/mol. The van der Waals surface area contributed by atoms with E-state index in [0.29, 0.717) is 25.0 Å². The molecule has 0 aromatic heterocycles. The van der Waals surface area contributed by atoms with E-state index in [9.17, 15) is 0 Å². The minimum atomic E-state index is 0.163. The first kappa shape index (κ1) is 16.4. The number of nitrogens with two attached hydrogens (primary N) is 1. The zero-order valence-electron chi connectivity index (χ0n) is 14.1. The topological polar surface area (TPSA) is 59.6 Å². The van der Waals surface area contributed by atoms with Crippen molar-refractivity contribution in [2.75, 3.05) is 13.2 Å². The maximum atomic E-state index is 6.14. The van der Waals surface area contributed by atoms with Crippen molar-refractivity contribution >= 4 is 5.96 Å². The first-order valence-electron chi connectivity index (χ1n) is 8.61. The van der Waals surface area contributed by atoms with Crippen LogP contribution in [-0.4, -0.2) is 19.1 Å². The van der Waals surface area contributed by atoms with Gasteiger partial charge in [-0.25, -0.2) is 0 Å². The zero-order valence-corrected chi connectivity index (χ0v) is 14.1. The number of benzene rings is 2. The quantitative estimate of drug-likeness (QED) is 0.653. The average molecular weight is 323 g/mol. The molecule has 4 nitrogen and oxygen atoms in total. The zero-order chi connectivity index (χ0) is 16.8. The van der Waals surface area contributed by atoms with Gasteiger partial charge in [0.2, 0.25) is 0 Å². The number of hydrogen-bond acceptors (Lipinski definition) is 2. The summed E-state index contributed by atoms with van der Waals surface area (Å²) >= 11 is 0. The molecule has 0 aliphatic carbocycles. The fourth-order valence-electron chi connectivity index (χ4n) is 3.12. The SMILES string of the molecule is CCC(CN=C(N)NC1CCOc2ccccc21)c1ccccc1. The van der Waals surface area contributed by atoms with Crippen molar-refractivity contribution in [3.8, 4) is 5.75 Å². The Hall–Kier alpha value is -2.49. The summed E-state index contributed by atoms with van der Waals surface area (Å²) in [6.45, 7) is 3.58. The molecule has 0 saturated carbocycles. The van der Waals surface area contributed by atoms with Crippen molar-refractivity contribution in [3.63, 3.8) is 0 Å². The lowest BCUT2D eigenvalue weighted by atomic mass is 9.97. The van der Waals surface area contributed by atoms with Gasteiger partial charge in [-0.05, 0) is 18.1 Å². The molecule has 24 heavy (non-hydrogen) atoms. The standard InChI is InChI=1S/C20H25N3O/c1-2-15(16-8-4-3-5-9-16)14-22-20(21)23-18-12-13-24-19-11-7-6-10-17(18)19/h3-11,15,18H,2,12-14H2,1H3,(H3,21,22,23). The Bertz CT molecular complexity index is 684. The van der Waals surface area contributed by atoms with Crippen molar-refractivity contribution in [2.24, 2.45) is 10.7 Å². The van der Waals surface area contributed by atoms with Crippen molar-refractivity contribution in [2.45, 2.75) is 31.7 Å². The molecule has 0 saturated heterocycles. The Labute approximate surface area is 143 Å². The lowest BCUT2D eigenvalue weighted by Gasteiger charge is -2.27. The predicted octanol–water partition coefficient (Wildman–Crippen LogP) is 3.61. The van der Waals surface area contributed by atoms with E-state index < -0.39 is 0 Å². The Morgan fingerprint density at radius 2 is 1.96 bits per heavy atom. The maximum Gasteiger partial charge on any atom is 0.189 e. The van der Waals surface area contributed by atoms with E-state index >= 15 is 0 Å². The molecule has 126 valence electrons. The van der Waals surface area contributed by atoms with Crippen LogP contribution in [0.25, 0.3) is 0 Å². The fraction of sp³-hybridized carbons (Fsp3) is 0.350. The van der Waals surface area contributed by atoms with Gasteiger partial charge in [-0.1, -0.05) is 55.5 Å². The third kappa shape index (κ3) is 3.88. The molecule has 3 N–H and O–H groups in total. The molecule has 0 amide bonds. The summed E-state index contributed by atoms with van der Waals surface area (Å²) in [6.07, 6.45) is 1.93. The van der Waals surface area contributed by atoms with Gasteiger partial charge in [0, 0.05) is 24.4 Å². The summed E-state index contributed by atoms with van der Waals surface area (Å²) < 4.78 is 5.69. The third-order valence-electron chi connectivity index (χ3n) is 4.53. The summed E-state index contributed by atoms with van der Waals surface area (Å²) in [7, 11) is 0. The van der Waals surface area contributed by atoms with Crippen molar-refractivity contribution in [1.82, 2.24) is 5.32 Å². The molecule has 2 aromatic rings. The molecule has 0 radical (unpaired) electrons. The van der Waals surface area contributed by atoms with Crippen LogP contribution in [0, 0.1) is 0 Å². The molecule has 2 aromatic carbocycles. The molecule has 0 spiro atoms. The Morgan fingerprint density at radius 3 is 2.75 bits per heavy atom.